The molecule has 3 rings (SSSR count). The van der Waals surface area contributed by atoms with Crippen LogP contribution >= 0.6 is 0 Å². The van der Waals surface area contributed by atoms with Crippen LogP contribution in [0.15, 0.2) is 42.5 Å². The predicted molar refractivity (Wildman–Crippen MR) is 85.3 cm³/mol. The van der Waals surface area contributed by atoms with Gasteiger partial charge in [-0.2, -0.15) is 5.10 Å². The van der Waals surface area contributed by atoms with Crippen LogP contribution in [0.4, 0.5) is 5.69 Å². The van der Waals surface area contributed by atoms with Crippen LogP contribution < -0.4 is 10.5 Å². The number of anilines is 1. The first kappa shape index (κ1) is 13.5. The summed E-state index contributed by atoms with van der Waals surface area (Å²) in [5, 5.41) is 5.78. The Bertz CT molecular complexity index is 777. The van der Waals surface area contributed by atoms with Gasteiger partial charge in [0.1, 0.15) is 18.1 Å². The summed E-state index contributed by atoms with van der Waals surface area (Å²) in [6, 6.07) is 13.9. The number of ether oxygens (including phenoxy) is 1. The molecule has 0 fully saturated rings. The van der Waals surface area contributed by atoms with Crippen LogP contribution in [-0.2, 0) is 13.2 Å². The molecule has 0 aliphatic rings. The fourth-order valence-corrected chi connectivity index (χ4v) is 2.52. The van der Waals surface area contributed by atoms with Gasteiger partial charge in [-0.25, -0.2) is 0 Å². The number of para-hydroxylation sites is 1. The molecule has 108 valence electrons. The third-order valence-electron chi connectivity index (χ3n) is 3.60. The fourth-order valence-electron chi connectivity index (χ4n) is 2.52. The van der Waals surface area contributed by atoms with E-state index in [9.17, 15) is 0 Å². The Balaban J connectivity index is 1.88. The molecule has 0 atom stereocenters. The number of nitrogens with zero attached hydrogens (tertiary/aromatic N) is 2. The quantitative estimate of drug-likeness (QED) is 0.744. The van der Waals surface area contributed by atoms with E-state index in [0.29, 0.717) is 6.61 Å². The highest BCUT2D eigenvalue weighted by Gasteiger charge is 2.10. The first-order chi connectivity index (χ1) is 10.2. The lowest BCUT2D eigenvalue weighted by Crippen LogP contribution is -2.01. The standard InChI is InChI=1S/C17H19N3O/c1-3-20-16-7-5-4-6-14(16)15(19-20)11-21-17-9-8-13(18)10-12(17)2/h4-10H,3,11,18H2,1-2H3. The minimum atomic E-state index is 0.457. The van der Waals surface area contributed by atoms with Gasteiger partial charge in [-0.05, 0) is 43.7 Å². The van der Waals surface area contributed by atoms with E-state index in [2.05, 4.69) is 24.2 Å². The summed E-state index contributed by atoms with van der Waals surface area (Å²) in [4.78, 5) is 0. The number of aryl methyl sites for hydroxylation is 2. The van der Waals surface area contributed by atoms with Gasteiger partial charge in [0.2, 0.25) is 0 Å². The third-order valence-corrected chi connectivity index (χ3v) is 3.60. The van der Waals surface area contributed by atoms with E-state index in [-0.39, 0.29) is 0 Å². The Morgan fingerprint density at radius 2 is 2.00 bits per heavy atom. The fraction of sp³-hybridized carbons (Fsp3) is 0.235. The molecule has 0 bridgehead atoms. The summed E-state index contributed by atoms with van der Waals surface area (Å²) in [7, 11) is 0. The van der Waals surface area contributed by atoms with Crippen molar-refractivity contribution < 1.29 is 4.74 Å². The van der Waals surface area contributed by atoms with Gasteiger partial charge in [0.25, 0.3) is 0 Å². The number of hydrogen-bond acceptors (Lipinski definition) is 3. The molecule has 0 saturated carbocycles. The Labute approximate surface area is 124 Å². The molecule has 0 amide bonds. The molecule has 4 nitrogen and oxygen atoms in total. The molecule has 0 radical (unpaired) electrons. The van der Waals surface area contributed by atoms with Gasteiger partial charge in [-0.1, -0.05) is 18.2 Å². The summed E-state index contributed by atoms with van der Waals surface area (Å²) >= 11 is 0. The number of hydrogen-bond donors (Lipinski definition) is 1. The van der Waals surface area contributed by atoms with Gasteiger partial charge >= 0.3 is 0 Å². The molecule has 21 heavy (non-hydrogen) atoms. The number of nitrogen functional groups attached to an aromatic ring is 1. The van der Waals surface area contributed by atoms with Crippen LogP contribution in [0.2, 0.25) is 0 Å². The minimum absolute atomic E-state index is 0.457. The predicted octanol–water partition coefficient (Wildman–Crippen LogP) is 3.53. The van der Waals surface area contributed by atoms with Crippen molar-refractivity contribution in [2.75, 3.05) is 5.73 Å². The summed E-state index contributed by atoms with van der Waals surface area (Å²) < 4.78 is 7.92. The van der Waals surface area contributed by atoms with E-state index in [1.165, 1.54) is 0 Å². The summed E-state index contributed by atoms with van der Waals surface area (Å²) in [6.07, 6.45) is 0. The normalized spacial score (nSPS) is 11.0. The summed E-state index contributed by atoms with van der Waals surface area (Å²) in [5.74, 6) is 0.847. The molecule has 3 aromatic rings. The van der Waals surface area contributed by atoms with Gasteiger partial charge in [0.15, 0.2) is 0 Å². The van der Waals surface area contributed by atoms with E-state index in [4.69, 9.17) is 10.5 Å². The molecular weight excluding hydrogens is 262 g/mol. The lowest BCUT2D eigenvalue weighted by molar-refractivity contribution is 0.299. The van der Waals surface area contributed by atoms with Gasteiger partial charge in [-0.3, -0.25) is 4.68 Å². The highest BCUT2D eigenvalue weighted by molar-refractivity contribution is 5.81. The molecule has 1 heterocycles. The van der Waals surface area contributed by atoms with E-state index in [1.54, 1.807) is 0 Å². The molecular formula is C17H19N3O. The second kappa shape index (κ2) is 5.48. The highest BCUT2D eigenvalue weighted by atomic mass is 16.5. The number of benzene rings is 2. The molecule has 4 heteroatoms. The van der Waals surface area contributed by atoms with Crippen molar-refractivity contribution in [1.82, 2.24) is 9.78 Å². The van der Waals surface area contributed by atoms with Crippen LogP contribution in [0.1, 0.15) is 18.2 Å². The lowest BCUT2D eigenvalue weighted by atomic mass is 10.2. The monoisotopic (exact) mass is 281 g/mol. The highest BCUT2D eigenvalue weighted by Crippen LogP contribution is 2.23. The van der Waals surface area contributed by atoms with E-state index in [1.807, 2.05) is 41.9 Å². The van der Waals surface area contributed by atoms with Gasteiger partial charge in [0, 0.05) is 17.6 Å². The molecule has 0 aliphatic carbocycles. The molecule has 2 N–H and O–H groups in total. The van der Waals surface area contributed by atoms with Crippen LogP contribution in [0, 0.1) is 6.92 Å². The van der Waals surface area contributed by atoms with Crippen molar-refractivity contribution in [3.63, 3.8) is 0 Å². The van der Waals surface area contributed by atoms with Crippen molar-refractivity contribution in [3.05, 3.63) is 53.7 Å². The van der Waals surface area contributed by atoms with Crippen LogP contribution in [-0.4, -0.2) is 9.78 Å². The van der Waals surface area contributed by atoms with Crippen molar-refractivity contribution in [3.8, 4) is 5.75 Å². The minimum Gasteiger partial charge on any atom is -0.487 e. The van der Waals surface area contributed by atoms with Crippen LogP contribution in [0.3, 0.4) is 0 Å². The number of rotatable bonds is 4. The average molecular weight is 281 g/mol. The molecule has 0 spiro atoms. The first-order valence-corrected chi connectivity index (χ1v) is 7.12. The average Bonchev–Trinajstić information content (AvgIpc) is 2.85. The molecule has 0 unspecified atom stereocenters. The first-order valence-electron chi connectivity index (χ1n) is 7.12. The second-order valence-electron chi connectivity index (χ2n) is 5.09. The molecule has 0 aliphatic heterocycles. The number of nitrogens with two attached hydrogens (primary N) is 1. The Morgan fingerprint density at radius 1 is 1.19 bits per heavy atom. The SMILES string of the molecule is CCn1nc(COc2ccc(N)cc2C)c2ccccc21. The van der Waals surface area contributed by atoms with Crippen LogP contribution in [0.25, 0.3) is 10.9 Å². The summed E-state index contributed by atoms with van der Waals surface area (Å²) in [6.45, 7) is 5.39. The molecule has 2 aromatic carbocycles. The Hall–Kier alpha value is -2.49. The largest absolute Gasteiger partial charge is 0.487 e. The molecule has 1 aromatic heterocycles. The molecule has 0 saturated heterocycles. The van der Waals surface area contributed by atoms with Crippen molar-refractivity contribution in [1.29, 1.82) is 0 Å². The number of fused-ring (bicyclic) bond motifs is 1. The van der Waals surface area contributed by atoms with Crippen molar-refractivity contribution >= 4 is 16.6 Å². The zero-order valence-corrected chi connectivity index (χ0v) is 12.3. The zero-order chi connectivity index (χ0) is 14.8. The van der Waals surface area contributed by atoms with Gasteiger partial charge < -0.3 is 10.5 Å². The zero-order valence-electron chi connectivity index (χ0n) is 12.3. The summed E-state index contributed by atoms with van der Waals surface area (Å²) in [5.41, 5.74) is 9.65. The number of aromatic nitrogens is 2. The van der Waals surface area contributed by atoms with Gasteiger partial charge in [0.05, 0.1) is 5.52 Å². The van der Waals surface area contributed by atoms with E-state index < -0.39 is 0 Å². The van der Waals surface area contributed by atoms with Crippen LogP contribution in [0.5, 0.6) is 5.75 Å². The lowest BCUT2D eigenvalue weighted by Gasteiger charge is -2.08. The maximum Gasteiger partial charge on any atom is 0.133 e. The second-order valence-corrected chi connectivity index (χ2v) is 5.09. The van der Waals surface area contributed by atoms with E-state index >= 15 is 0 Å². The Kier molecular flexibility index (Phi) is 3.52. The third kappa shape index (κ3) is 2.57. The van der Waals surface area contributed by atoms with Crippen molar-refractivity contribution in [2.45, 2.75) is 27.0 Å². The maximum absolute atomic E-state index is 5.91. The Morgan fingerprint density at radius 3 is 2.76 bits per heavy atom. The maximum atomic E-state index is 5.91. The van der Waals surface area contributed by atoms with E-state index in [0.717, 1.165) is 40.1 Å². The van der Waals surface area contributed by atoms with Gasteiger partial charge in [-0.15, -0.1) is 0 Å². The topological polar surface area (TPSA) is 53.1 Å². The smallest absolute Gasteiger partial charge is 0.133 e. The van der Waals surface area contributed by atoms with Crippen molar-refractivity contribution in [2.24, 2.45) is 0 Å².